The summed E-state index contributed by atoms with van der Waals surface area (Å²) in [6.45, 7) is 1.84. The van der Waals surface area contributed by atoms with Crippen LogP contribution in [-0.2, 0) is 19.1 Å². The first kappa shape index (κ1) is 14.9. The smallest absolute Gasteiger partial charge is 0.326 e. The Morgan fingerprint density at radius 2 is 1.61 bits per heavy atom. The Morgan fingerprint density at radius 1 is 1.09 bits per heavy atom. The minimum Gasteiger partial charge on any atom is -0.457 e. The number of imide groups is 1. The van der Waals surface area contributed by atoms with Crippen LogP contribution in [0.3, 0.4) is 0 Å². The normalized spacial score (nSPS) is 41.0. The van der Waals surface area contributed by atoms with Crippen LogP contribution in [0.2, 0.25) is 0 Å². The minimum absolute atomic E-state index is 0.265. The van der Waals surface area contributed by atoms with E-state index in [2.05, 4.69) is 6.92 Å². The molecule has 1 heterocycles. The molecular weight excluding hydrogens is 294 g/mol. The second-order valence-electron chi connectivity index (χ2n) is 7.68. The third-order valence-electron chi connectivity index (χ3n) is 6.56. The highest BCUT2D eigenvalue weighted by Crippen LogP contribution is 2.60. The summed E-state index contributed by atoms with van der Waals surface area (Å²) in [5.41, 5.74) is -0.371. The SMILES string of the molecule is CCC1(OC(=O)CN2C(=O)C=CC2=O)C2CC3CC(C2)CC1C3. The lowest BCUT2D eigenvalue weighted by atomic mass is 9.49. The van der Waals surface area contributed by atoms with E-state index in [4.69, 9.17) is 4.74 Å². The van der Waals surface area contributed by atoms with Gasteiger partial charge in [0.15, 0.2) is 0 Å². The highest BCUT2D eigenvalue weighted by Gasteiger charge is 2.58. The lowest BCUT2D eigenvalue weighted by molar-refractivity contribution is -0.211. The molecule has 4 fully saturated rings. The molecule has 124 valence electrons. The first-order valence-electron chi connectivity index (χ1n) is 8.77. The average molecular weight is 317 g/mol. The van der Waals surface area contributed by atoms with Crippen molar-refractivity contribution in [2.24, 2.45) is 23.7 Å². The zero-order valence-corrected chi connectivity index (χ0v) is 13.5. The van der Waals surface area contributed by atoms with Gasteiger partial charge in [0.25, 0.3) is 11.8 Å². The van der Waals surface area contributed by atoms with Crippen LogP contribution < -0.4 is 0 Å². The standard InChI is InChI=1S/C18H23NO4/c1-2-18(13-6-11-5-12(8-13)9-14(18)7-11)23-17(22)10-19-15(20)3-4-16(19)21/h3-4,11-14H,2,5-10H2,1H3. The molecule has 0 aromatic rings. The molecule has 0 spiro atoms. The first-order chi connectivity index (χ1) is 11.0. The largest absolute Gasteiger partial charge is 0.457 e. The molecule has 5 aliphatic rings. The lowest BCUT2D eigenvalue weighted by Gasteiger charge is -2.60. The van der Waals surface area contributed by atoms with Gasteiger partial charge in [-0.2, -0.15) is 0 Å². The van der Waals surface area contributed by atoms with Gasteiger partial charge in [-0.25, -0.2) is 0 Å². The van der Waals surface area contributed by atoms with Crippen LogP contribution in [0, 0.1) is 23.7 Å². The molecule has 0 saturated heterocycles. The number of hydrogen-bond acceptors (Lipinski definition) is 4. The second kappa shape index (κ2) is 5.18. The third-order valence-corrected chi connectivity index (χ3v) is 6.56. The quantitative estimate of drug-likeness (QED) is 0.588. The van der Waals surface area contributed by atoms with Crippen molar-refractivity contribution in [3.63, 3.8) is 0 Å². The summed E-state index contributed by atoms with van der Waals surface area (Å²) in [5.74, 6) is 1.23. The predicted molar refractivity (Wildman–Crippen MR) is 82.0 cm³/mol. The van der Waals surface area contributed by atoms with Gasteiger partial charge in [0.2, 0.25) is 0 Å². The van der Waals surface area contributed by atoms with Crippen LogP contribution >= 0.6 is 0 Å². The number of amides is 2. The number of esters is 1. The Morgan fingerprint density at radius 3 is 2.09 bits per heavy atom. The van der Waals surface area contributed by atoms with Crippen molar-refractivity contribution in [3.05, 3.63) is 12.2 Å². The topological polar surface area (TPSA) is 63.7 Å². The van der Waals surface area contributed by atoms with Crippen molar-refractivity contribution in [1.82, 2.24) is 4.90 Å². The summed E-state index contributed by atoms with van der Waals surface area (Å²) in [7, 11) is 0. The maximum atomic E-state index is 12.5. The van der Waals surface area contributed by atoms with Crippen LogP contribution in [0.15, 0.2) is 12.2 Å². The molecular formula is C18H23NO4. The van der Waals surface area contributed by atoms with Crippen LogP contribution in [0.1, 0.15) is 45.4 Å². The van der Waals surface area contributed by atoms with Crippen molar-refractivity contribution in [3.8, 4) is 0 Å². The average Bonchev–Trinajstić information content (AvgIpc) is 2.82. The molecule has 2 amide bonds. The second-order valence-corrected chi connectivity index (χ2v) is 7.68. The van der Waals surface area contributed by atoms with Crippen molar-refractivity contribution in [2.75, 3.05) is 6.54 Å². The van der Waals surface area contributed by atoms with Crippen molar-refractivity contribution >= 4 is 17.8 Å². The summed E-state index contributed by atoms with van der Waals surface area (Å²) < 4.78 is 6.01. The molecule has 1 aliphatic heterocycles. The number of carbonyl (C=O) groups excluding carboxylic acids is 3. The van der Waals surface area contributed by atoms with Crippen LogP contribution in [0.5, 0.6) is 0 Å². The summed E-state index contributed by atoms with van der Waals surface area (Å²) in [5, 5.41) is 0. The van der Waals surface area contributed by atoms with E-state index in [9.17, 15) is 14.4 Å². The maximum absolute atomic E-state index is 12.5. The molecule has 0 aromatic heterocycles. The number of ether oxygens (including phenoxy) is 1. The molecule has 4 aliphatic carbocycles. The van der Waals surface area contributed by atoms with Crippen LogP contribution in [-0.4, -0.2) is 34.8 Å². The van der Waals surface area contributed by atoms with Gasteiger partial charge in [-0.3, -0.25) is 19.3 Å². The van der Waals surface area contributed by atoms with Gasteiger partial charge in [0, 0.05) is 12.2 Å². The van der Waals surface area contributed by atoms with Crippen LogP contribution in [0.4, 0.5) is 0 Å². The fourth-order valence-corrected chi connectivity index (χ4v) is 5.76. The number of hydrogen-bond donors (Lipinski definition) is 0. The molecule has 5 nitrogen and oxygen atoms in total. The Bertz CT molecular complexity index is 548. The Balaban J connectivity index is 1.49. The van der Waals surface area contributed by atoms with Gasteiger partial charge >= 0.3 is 5.97 Å². The van der Waals surface area contributed by atoms with Gasteiger partial charge in [0.1, 0.15) is 12.1 Å². The fraction of sp³-hybridized carbons (Fsp3) is 0.722. The zero-order valence-electron chi connectivity index (χ0n) is 13.5. The minimum atomic E-state index is -0.440. The highest BCUT2D eigenvalue weighted by atomic mass is 16.6. The van der Waals surface area contributed by atoms with E-state index >= 15 is 0 Å². The van der Waals surface area contributed by atoms with E-state index < -0.39 is 17.8 Å². The van der Waals surface area contributed by atoms with E-state index in [1.165, 1.54) is 18.6 Å². The van der Waals surface area contributed by atoms with E-state index in [1.807, 2.05) is 0 Å². The summed E-state index contributed by atoms with van der Waals surface area (Å²) in [6, 6.07) is 0. The van der Waals surface area contributed by atoms with Crippen LogP contribution in [0.25, 0.3) is 0 Å². The molecule has 0 aromatic carbocycles. The first-order valence-corrected chi connectivity index (χ1v) is 8.77. The maximum Gasteiger partial charge on any atom is 0.326 e. The van der Waals surface area contributed by atoms with E-state index in [0.717, 1.165) is 48.8 Å². The lowest BCUT2D eigenvalue weighted by Crippen LogP contribution is -2.60. The highest BCUT2D eigenvalue weighted by molar-refractivity contribution is 6.14. The van der Waals surface area contributed by atoms with Gasteiger partial charge in [0.05, 0.1) is 0 Å². The summed E-state index contributed by atoms with van der Waals surface area (Å²) in [4.78, 5) is 36.6. The molecule has 0 radical (unpaired) electrons. The van der Waals surface area contributed by atoms with E-state index in [0.29, 0.717) is 11.8 Å². The summed E-state index contributed by atoms with van der Waals surface area (Å²) >= 11 is 0. The van der Waals surface area contributed by atoms with Crippen molar-refractivity contribution in [1.29, 1.82) is 0 Å². The number of rotatable bonds is 4. The molecule has 4 saturated carbocycles. The molecule has 4 bridgehead atoms. The molecule has 0 N–H and O–H groups in total. The Hall–Kier alpha value is -1.65. The molecule has 0 atom stereocenters. The monoisotopic (exact) mass is 317 g/mol. The molecule has 5 heteroatoms. The molecule has 23 heavy (non-hydrogen) atoms. The zero-order chi connectivity index (χ0) is 16.2. The predicted octanol–water partition coefficient (Wildman–Crippen LogP) is 2.06. The van der Waals surface area contributed by atoms with E-state index in [1.54, 1.807) is 0 Å². The third kappa shape index (κ3) is 2.24. The Labute approximate surface area is 136 Å². The van der Waals surface area contributed by atoms with Crippen molar-refractivity contribution < 1.29 is 19.1 Å². The molecule has 5 rings (SSSR count). The van der Waals surface area contributed by atoms with Gasteiger partial charge in [-0.15, -0.1) is 0 Å². The van der Waals surface area contributed by atoms with Crippen molar-refractivity contribution in [2.45, 2.75) is 51.0 Å². The van der Waals surface area contributed by atoms with Gasteiger partial charge < -0.3 is 4.74 Å². The van der Waals surface area contributed by atoms with Gasteiger partial charge in [-0.1, -0.05) is 6.92 Å². The Kier molecular flexibility index (Phi) is 3.36. The van der Waals surface area contributed by atoms with Gasteiger partial charge in [-0.05, 0) is 62.2 Å². The fourth-order valence-electron chi connectivity index (χ4n) is 5.76. The molecule has 0 unspecified atom stereocenters. The number of nitrogens with zero attached hydrogens (tertiary/aromatic N) is 1. The summed E-state index contributed by atoms with van der Waals surface area (Å²) in [6.07, 6.45) is 9.24. The van der Waals surface area contributed by atoms with E-state index in [-0.39, 0.29) is 12.1 Å². The number of carbonyl (C=O) groups is 3.